The molecule has 0 radical (unpaired) electrons. The van der Waals surface area contributed by atoms with Crippen molar-refractivity contribution in [2.45, 2.75) is 37.8 Å². The third-order valence-corrected chi connectivity index (χ3v) is 4.66. The van der Waals surface area contributed by atoms with Crippen LogP contribution in [0.2, 0.25) is 0 Å². The standard InChI is InChI=1S/C11H16BrNO3S/c1-11(2,3)13-17(15,16)10-6-8(7-14)4-5-9(10)12/h4-6,13-14H,7H2,1-3H3. The van der Waals surface area contributed by atoms with Gasteiger partial charge in [0.2, 0.25) is 10.0 Å². The van der Waals surface area contributed by atoms with Crippen molar-refractivity contribution in [3.05, 3.63) is 28.2 Å². The van der Waals surface area contributed by atoms with Crippen LogP contribution in [0.5, 0.6) is 0 Å². The Labute approximate surface area is 110 Å². The van der Waals surface area contributed by atoms with E-state index in [0.29, 0.717) is 10.0 Å². The van der Waals surface area contributed by atoms with Crippen molar-refractivity contribution in [1.29, 1.82) is 0 Å². The number of hydrogen-bond donors (Lipinski definition) is 2. The number of aliphatic hydroxyl groups is 1. The molecule has 4 nitrogen and oxygen atoms in total. The molecule has 0 atom stereocenters. The Morgan fingerprint density at radius 2 is 1.94 bits per heavy atom. The van der Waals surface area contributed by atoms with E-state index in [-0.39, 0.29) is 11.5 Å². The molecule has 2 N–H and O–H groups in total. The highest BCUT2D eigenvalue weighted by atomic mass is 79.9. The molecular weight excluding hydrogens is 306 g/mol. The number of rotatable bonds is 3. The van der Waals surface area contributed by atoms with E-state index in [1.54, 1.807) is 32.9 Å². The van der Waals surface area contributed by atoms with Crippen LogP contribution in [0.4, 0.5) is 0 Å². The Morgan fingerprint density at radius 1 is 1.35 bits per heavy atom. The maximum atomic E-state index is 12.1. The zero-order valence-electron chi connectivity index (χ0n) is 9.99. The summed E-state index contributed by atoms with van der Waals surface area (Å²) in [5, 5.41) is 9.02. The van der Waals surface area contributed by atoms with Gasteiger partial charge >= 0.3 is 0 Å². The van der Waals surface area contributed by atoms with Gasteiger partial charge in [-0.05, 0) is 54.4 Å². The lowest BCUT2D eigenvalue weighted by molar-refractivity contribution is 0.281. The lowest BCUT2D eigenvalue weighted by Crippen LogP contribution is -2.40. The Hall–Kier alpha value is -0.430. The summed E-state index contributed by atoms with van der Waals surface area (Å²) >= 11 is 3.20. The van der Waals surface area contributed by atoms with Gasteiger partial charge in [0, 0.05) is 10.0 Å². The summed E-state index contributed by atoms with van der Waals surface area (Å²) in [4.78, 5) is 0.138. The molecule has 6 heteroatoms. The number of aliphatic hydroxyl groups excluding tert-OH is 1. The fourth-order valence-corrected chi connectivity index (χ4v) is 3.74. The fraction of sp³-hybridized carbons (Fsp3) is 0.455. The van der Waals surface area contributed by atoms with Crippen molar-refractivity contribution in [1.82, 2.24) is 4.72 Å². The second-order valence-electron chi connectivity index (χ2n) is 4.78. The van der Waals surface area contributed by atoms with Gasteiger partial charge in [0.05, 0.1) is 11.5 Å². The monoisotopic (exact) mass is 321 g/mol. The predicted molar refractivity (Wildman–Crippen MR) is 70.1 cm³/mol. The molecule has 0 unspecified atom stereocenters. The lowest BCUT2D eigenvalue weighted by atomic mass is 10.1. The summed E-state index contributed by atoms with van der Waals surface area (Å²) in [6.07, 6.45) is 0. The van der Waals surface area contributed by atoms with Gasteiger partial charge in [-0.25, -0.2) is 13.1 Å². The van der Waals surface area contributed by atoms with Crippen LogP contribution in [-0.4, -0.2) is 19.1 Å². The molecule has 0 aliphatic rings. The summed E-state index contributed by atoms with van der Waals surface area (Å²) in [6, 6.07) is 4.74. The lowest BCUT2D eigenvalue weighted by Gasteiger charge is -2.21. The van der Waals surface area contributed by atoms with E-state index in [9.17, 15) is 8.42 Å². The summed E-state index contributed by atoms with van der Waals surface area (Å²) in [7, 11) is -3.59. The van der Waals surface area contributed by atoms with Crippen LogP contribution >= 0.6 is 15.9 Å². The van der Waals surface area contributed by atoms with Crippen molar-refractivity contribution in [3.8, 4) is 0 Å². The molecule has 0 saturated heterocycles. The largest absolute Gasteiger partial charge is 0.392 e. The van der Waals surface area contributed by atoms with Gasteiger partial charge in [0.1, 0.15) is 0 Å². The van der Waals surface area contributed by atoms with Gasteiger partial charge in [-0.15, -0.1) is 0 Å². The van der Waals surface area contributed by atoms with Crippen molar-refractivity contribution < 1.29 is 13.5 Å². The van der Waals surface area contributed by atoms with Gasteiger partial charge in [-0.1, -0.05) is 6.07 Å². The first kappa shape index (κ1) is 14.6. The quantitative estimate of drug-likeness (QED) is 0.895. The minimum absolute atomic E-state index is 0.138. The summed E-state index contributed by atoms with van der Waals surface area (Å²) in [6.45, 7) is 5.13. The minimum atomic E-state index is -3.59. The van der Waals surface area contributed by atoms with Gasteiger partial charge in [-0.2, -0.15) is 0 Å². The molecule has 0 saturated carbocycles. The van der Waals surface area contributed by atoms with Crippen LogP contribution in [0.3, 0.4) is 0 Å². The van der Waals surface area contributed by atoms with Gasteiger partial charge in [0.25, 0.3) is 0 Å². The summed E-state index contributed by atoms with van der Waals surface area (Å²) in [5.74, 6) is 0. The number of benzene rings is 1. The number of hydrogen-bond acceptors (Lipinski definition) is 3. The highest BCUT2D eigenvalue weighted by Gasteiger charge is 2.24. The normalized spacial score (nSPS) is 12.8. The van der Waals surface area contributed by atoms with E-state index in [1.165, 1.54) is 6.07 Å². The van der Waals surface area contributed by atoms with E-state index in [2.05, 4.69) is 20.7 Å². The molecule has 0 aliphatic carbocycles. The van der Waals surface area contributed by atoms with Crippen molar-refractivity contribution >= 4 is 26.0 Å². The molecule has 0 aliphatic heterocycles. The molecule has 1 rings (SSSR count). The molecule has 0 amide bonds. The first-order chi connectivity index (χ1) is 7.65. The SMILES string of the molecule is CC(C)(C)NS(=O)(=O)c1cc(CO)ccc1Br. The molecule has 0 heterocycles. The average Bonchev–Trinajstić information content (AvgIpc) is 2.14. The second-order valence-corrected chi connectivity index (χ2v) is 7.28. The van der Waals surface area contributed by atoms with E-state index in [0.717, 1.165) is 0 Å². The van der Waals surface area contributed by atoms with Gasteiger partial charge in [0.15, 0.2) is 0 Å². The van der Waals surface area contributed by atoms with E-state index in [4.69, 9.17) is 5.11 Å². The van der Waals surface area contributed by atoms with Gasteiger partial charge in [-0.3, -0.25) is 0 Å². The second kappa shape index (κ2) is 5.06. The van der Waals surface area contributed by atoms with Crippen LogP contribution in [0.25, 0.3) is 0 Å². The molecule has 1 aromatic rings. The highest BCUT2D eigenvalue weighted by Crippen LogP contribution is 2.24. The Bertz CT molecular complexity index is 506. The Morgan fingerprint density at radius 3 is 2.41 bits per heavy atom. The maximum absolute atomic E-state index is 12.1. The van der Waals surface area contributed by atoms with Crippen LogP contribution < -0.4 is 4.72 Å². The highest BCUT2D eigenvalue weighted by molar-refractivity contribution is 9.10. The van der Waals surface area contributed by atoms with Crippen LogP contribution in [-0.2, 0) is 16.6 Å². The molecule has 0 fully saturated rings. The van der Waals surface area contributed by atoms with E-state index >= 15 is 0 Å². The first-order valence-electron chi connectivity index (χ1n) is 5.09. The molecule has 0 aromatic heterocycles. The van der Waals surface area contributed by atoms with Crippen LogP contribution in [0.15, 0.2) is 27.6 Å². The maximum Gasteiger partial charge on any atom is 0.242 e. The molecule has 96 valence electrons. The number of halogens is 1. The molecule has 1 aromatic carbocycles. The average molecular weight is 322 g/mol. The first-order valence-corrected chi connectivity index (χ1v) is 7.36. The smallest absolute Gasteiger partial charge is 0.242 e. The molecule has 17 heavy (non-hydrogen) atoms. The summed E-state index contributed by atoms with van der Waals surface area (Å²) in [5.41, 5.74) is 0.00973. The third kappa shape index (κ3) is 4.06. The zero-order chi connectivity index (χ0) is 13.3. The van der Waals surface area contributed by atoms with Gasteiger partial charge < -0.3 is 5.11 Å². The minimum Gasteiger partial charge on any atom is -0.392 e. The van der Waals surface area contributed by atoms with Crippen molar-refractivity contribution in [2.75, 3.05) is 0 Å². The number of sulfonamides is 1. The van der Waals surface area contributed by atoms with Crippen molar-refractivity contribution in [3.63, 3.8) is 0 Å². The third-order valence-electron chi connectivity index (χ3n) is 1.91. The molecule has 0 bridgehead atoms. The predicted octanol–water partition coefficient (Wildman–Crippen LogP) is 2.02. The van der Waals surface area contributed by atoms with E-state index in [1.807, 2.05) is 0 Å². The summed E-state index contributed by atoms with van der Waals surface area (Å²) < 4.78 is 27.3. The Kier molecular flexibility index (Phi) is 4.35. The van der Waals surface area contributed by atoms with Crippen LogP contribution in [0.1, 0.15) is 26.3 Å². The zero-order valence-corrected chi connectivity index (χ0v) is 12.4. The fourth-order valence-electron chi connectivity index (χ4n) is 1.31. The Balaban J connectivity index is 3.23. The van der Waals surface area contributed by atoms with Crippen LogP contribution in [0, 0.1) is 0 Å². The molecule has 0 spiro atoms. The molecular formula is C11H16BrNO3S. The number of nitrogens with one attached hydrogen (secondary N) is 1. The topological polar surface area (TPSA) is 66.4 Å². The van der Waals surface area contributed by atoms with E-state index < -0.39 is 15.6 Å². The van der Waals surface area contributed by atoms with Crippen molar-refractivity contribution in [2.24, 2.45) is 0 Å².